The summed E-state index contributed by atoms with van der Waals surface area (Å²) in [5, 5.41) is 21.1. The lowest BCUT2D eigenvalue weighted by Crippen LogP contribution is -2.16. The van der Waals surface area contributed by atoms with Crippen molar-refractivity contribution in [3.05, 3.63) is 5.82 Å². The molecule has 0 spiro atoms. The van der Waals surface area contributed by atoms with E-state index in [-0.39, 0.29) is 5.92 Å². The van der Waals surface area contributed by atoms with Crippen LogP contribution in [0.1, 0.15) is 39.6 Å². The van der Waals surface area contributed by atoms with Crippen LogP contribution in [-0.2, 0) is 6.54 Å². The van der Waals surface area contributed by atoms with Gasteiger partial charge < -0.3 is 5.11 Å². The molecule has 1 aromatic heterocycles. The van der Waals surface area contributed by atoms with Crippen molar-refractivity contribution >= 4 is 0 Å². The molecule has 1 unspecified atom stereocenters. The summed E-state index contributed by atoms with van der Waals surface area (Å²) in [6.07, 6.45) is -0.580. The minimum Gasteiger partial charge on any atom is -0.385 e. The first-order chi connectivity index (χ1) is 6.52. The van der Waals surface area contributed by atoms with Crippen LogP contribution in [0.5, 0.6) is 0 Å². The van der Waals surface area contributed by atoms with Crippen LogP contribution in [0.4, 0.5) is 0 Å². The van der Waals surface area contributed by atoms with Gasteiger partial charge in [-0.15, -0.1) is 5.10 Å². The van der Waals surface area contributed by atoms with Crippen molar-refractivity contribution in [2.45, 2.75) is 40.3 Å². The molecule has 1 heterocycles. The highest BCUT2D eigenvalue weighted by atomic mass is 16.3. The van der Waals surface area contributed by atoms with Crippen LogP contribution in [0.15, 0.2) is 0 Å². The van der Waals surface area contributed by atoms with Crippen molar-refractivity contribution in [1.29, 1.82) is 0 Å². The summed E-state index contributed by atoms with van der Waals surface area (Å²) in [4.78, 5) is 0. The zero-order chi connectivity index (χ0) is 10.7. The molecule has 0 saturated heterocycles. The van der Waals surface area contributed by atoms with Gasteiger partial charge in [0.15, 0.2) is 5.82 Å². The lowest BCUT2D eigenvalue weighted by molar-refractivity contribution is 0.111. The average molecular weight is 198 g/mol. The summed E-state index contributed by atoms with van der Waals surface area (Å²) < 4.78 is 1.68. The second-order valence-corrected chi connectivity index (χ2v) is 4.30. The fourth-order valence-electron chi connectivity index (χ4n) is 1.20. The Morgan fingerprint density at radius 1 is 1.29 bits per heavy atom. The Balaban J connectivity index is 2.81. The molecule has 0 saturated carbocycles. The topological polar surface area (TPSA) is 63.8 Å². The summed E-state index contributed by atoms with van der Waals surface area (Å²) >= 11 is 0. The largest absolute Gasteiger partial charge is 0.385 e. The Hall–Kier alpha value is -0.970. The number of aliphatic hydroxyl groups excluding tert-OH is 1. The van der Waals surface area contributed by atoms with Gasteiger partial charge in [0.05, 0.1) is 0 Å². The summed E-state index contributed by atoms with van der Waals surface area (Å²) in [5.74, 6) is 1.16. The predicted octanol–water partition coefficient (Wildman–Crippen LogP) is 1.02. The first-order valence-corrected chi connectivity index (χ1v) is 4.96. The van der Waals surface area contributed by atoms with E-state index in [0.717, 1.165) is 6.54 Å². The Labute approximate surface area is 84.1 Å². The molecule has 1 N–H and O–H groups in total. The number of tetrazole rings is 1. The highest BCUT2D eigenvalue weighted by Gasteiger charge is 2.19. The van der Waals surface area contributed by atoms with E-state index in [0.29, 0.717) is 11.7 Å². The number of hydrogen-bond donors (Lipinski definition) is 1. The molecule has 0 aromatic carbocycles. The number of aromatic nitrogens is 4. The lowest BCUT2D eigenvalue weighted by atomic mass is 10.1. The molecule has 0 radical (unpaired) electrons. The summed E-state index contributed by atoms with van der Waals surface area (Å²) in [6, 6.07) is 0. The van der Waals surface area contributed by atoms with Crippen molar-refractivity contribution < 1.29 is 5.11 Å². The molecular weight excluding hydrogens is 180 g/mol. The minimum absolute atomic E-state index is 0.131. The normalized spacial score (nSPS) is 13.9. The molecule has 1 atom stereocenters. The Morgan fingerprint density at radius 2 is 1.93 bits per heavy atom. The number of hydrogen-bond acceptors (Lipinski definition) is 4. The second-order valence-electron chi connectivity index (χ2n) is 4.30. The summed E-state index contributed by atoms with van der Waals surface area (Å²) in [7, 11) is 0. The molecule has 14 heavy (non-hydrogen) atoms. The summed E-state index contributed by atoms with van der Waals surface area (Å²) in [5.41, 5.74) is 0. The van der Waals surface area contributed by atoms with Crippen LogP contribution >= 0.6 is 0 Å². The van der Waals surface area contributed by atoms with E-state index >= 15 is 0 Å². The number of aliphatic hydroxyl groups is 1. The zero-order valence-electron chi connectivity index (χ0n) is 9.18. The smallest absolute Gasteiger partial charge is 0.180 e. The molecule has 0 aliphatic heterocycles. The monoisotopic (exact) mass is 198 g/mol. The van der Waals surface area contributed by atoms with E-state index in [4.69, 9.17) is 0 Å². The van der Waals surface area contributed by atoms with Gasteiger partial charge in [0.1, 0.15) is 6.10 Å². The quantitative estimate of drug-likeness (QED) is 0.784. The van der Waals surface area contributed by atoms with Crippen LogP contribution < -0.4 is 0 Å². The van der Waals surface area contributed by atoms with Gasteiger partial charge in [0.25, 0.3) is 0 Å². The molecule has 1 aromatic rings. The van der Waals surface area contributed by atoms with Gasteiger partial charge in [-0.1, -0.05) is 27.7 Å². The third-order valence-corrected chi connectivity index (χ3v) is 1.99. The number of nitrogens with zero attached hydrogens (tertiary/aromatic N) is 4. The first kappa shape index (κ1) is 11.1. The molecule has 0 aliphatic carbocycles. The van der Waals surface area contributed by atoms with Crippen LogP contribution in [0.3, 0.4) is 0 Å². The van der Waals surface area contributed by atoms with E-state index in [2.05, 4.69) is 29.4 Å². The van der Waals surface area contributed by atoms with Gasteiger partial charge >= 0.3 is 0 Å². The Morgan fingerprint density at radius 3 is 2.43 bits per heavy atom. The van der Waals surface area contributed by atoms with Crippen LogP contribution in [-0.4, -0.2) is 25.3 Å². The van der Waals surface area contributed by atoms with Gasteiger partial charge in [0, 0.05) is 6.54 Å². The fourth-order valence-corrected chi connectivity index (χ4v) is 1.20. The molecule has 80 valence electrons. The van der Waals surface area contributed by atoms with Crippen molar-refractivity contribution in [1.82, 2.24) is 20.2 Å². The third-order valence-electron chi connectivity index (χ3n) is 1.99. The predicted molar refractivity (Wildman–Crippen MR) is 52.5 cm³/mol. The molecule has 1 rings (SSSR count). The maximum atomic E-state index is 9.82. The number of rotatable bonds is 4. The molecule has 0 bridgehead atoms. The van der Waals surface area contributed by atoms with E-state index in [1.807, 2.05) is 13.8 Å². The zero-order valence-corrected chi connectivity index (χ0v) is 9.18. The second kappa shape index (κ2) is 4.50. The van der Waals surface area contributed by atoms with Crippen LogP contribution in [0.25, 0.3) is 0 Å². The van der Waals surface area contributed by atoms with Gasteiger partial charge in [-0.2, -0.15) is 0 Å². The van der Waals surface area contributed by atoms with Crippen molar-refractivity contribution in [2.75, 3.05) is 0 Å². The summed E-state index contributed by atoms with van der Waals surface area (Å²) in [6.45, 7) is 8.81. The Kier molecular flexibility index (Phi) is 3.57. The molecule has 5 heteroatoms. The van der Waals surface area contributed by atoms with E-state index in [1.54, 1.807) is 4.68 Å². The van der Waals surface area contributed by atoms with Gasteiger partial charge in [-0.05, 0) is 22.3 Å². The first-order valence-electron chi connectivity index (χ1n) is 4.96. The van der Waals surface area contributed by atoms with E-state index in [1.165, 1.54) is 0 Å². The molecule has 5 nitrogen and oxygen atoms in total. The highest BCUT2D eigenvalue weighted by Crippen LogP contribution is 2.18. The fraction of sp³-hybridized carbons (Fsp3) is 0.889. The van der Waals surface area contributed by atoms with Crippen molar-refractivity contribution in [2.24, 2.45) is 11.8 Å². The van der Waals surface area contributed by atoms with E-state index < -0.39 is 6.10 Å². The standard InChI is InChI=1S/C9H18N4O/c1-6(2)5-13-9(10-11-12-13)8(14)7(3)4/h6-8,14H,5H2,1-4H3. The molecule has 0 aliphatic rings. The maximum absolute atomic E-state index is 9.82. The van der Waals surface area contributed by atoms with Crippen molar-refractivity contribution in [3.63, 3.8) is 0 Å². The van der Waals surface area contributed by atoms with Gasteiger partial charge in [-0.25, -0.2) is 4.68 Å². The Bertz CT molecular complexity index is 282. The average Bonchev–Trinajstić information content (AvgIpc) is 2.49. The van der Waals surface area contributed by atoms with Crippen LogP contribution in [0.2, 0.25) is 0 Å². The van der Waals surface area contributed by atoms with Crippen LogP contribution in [0, 0.1) is 11.8 Å². The van der Waals surface area contributed by atoms with Crippen molar-refractivity contribution in [3.8, 4) is 0 Å². The lowest BCUT2D eigenvalue weighted by Gasteiger charge is -2.14. The molecular formula is C9H18N4O. The van der Waals surface area contributed by atoms with Gasteiger partial charge in [-0.3, -0.25) is 0 Å². The third kappa shape index (κ3) is 2.51. The van der Waals surface area contributed by atoms with E-state index in [9.17, 15) is 5.11 Å². The molecule has 0 amide bonds. The SMILES string of the molecule is CC(C)Cn1nnnc1C(O)C(C)C. The maximum Gasteiger partial charge on any atom is 0.180 e. The highest BCUT2D eigenvalue weighted by molar-refractivity contribution is 4.88. The minimum atomic E-state index is -0.580. The molecule has 0 fully saturated rings. The van der Waals surface area contributed by atoms with Gasteiger partial charge in [0.2, 0.25) is 0 Å².